The van der Waals surface area contributed by atoms with E-state index in [1.807, 2.05) is 0 Å². The van der Waals surface area contributed by atoms with E-state index in [4.69, 9.17) is 14.6 Å². The fourth-order valence-electron chi connectivity index (χ4n) is 3.73. The number of nitrogens with one attached hydrogen (secondary N) is 1. The van der Waals surface area contributed by atoms with Crippen LogP contribution < -0.4 is 14.8 Å². The Morgan fingerprint density at radius 2 is 1.78 bits per heavy atom. The second-order valence-electron chi connectivity index (χ2n) is 8.39. The summed E-state index contributed by atoms with van der Waals surface area (Å²) in [6, 6.07) is 8.99. The quantitative estimate of drug-likeness (QED) is 0.338. The highest BCUT2D eigenvalue weighted by molar-refractivity contribution is 6.06. The van der Waals surface area contributed by atoms with Crippen LogP contribution in [-0.4, -0.2) is 24.2 Å². The SMILES string of the molecule is Cc1cc(F)ccc1Oc1cc(C2CC2)c(C(F)(F)F)cc1C(=O)Nc1ccc(F)c(OCCO)c1. The number of carbonyl (C=O) groups excluding carboxylic acids is 1. The van der Waals surface area contributed by atoms with E-state index in [1.54, 1.807) is 6.92 Å². The Morgan fingerprint density at radius 1 is 1.03 bits per heavy atom. The van der Waals surface area contributed by atoms with Crippen molar-refractivity contribution >= 4 is 11.6 Å². The highest BCUT2D eigenvalue weighted by Crippen LogP contribution is 2.48. The summed E-state index contributed by atoms with van der Waals surface area (Å²) in [5.41, 5.74) is -0.881. The molecular formula is C26H22F5NO4. The highest BCUT2D eigenvalue weighted by atomic mass is 19.4. The van der Waals surface area contributed by atoms with Gasteiger partial charge in [-0.3, -0.25) is 4.79 Å². The molecule has 3 aromatic carbocycles. The van der Waals surface area contributed by atoms with Crippen LogP contribution in [0.4, 0.5) is 27.6 Å². The molecule has 1 amide bonds. The fraction of sp³-hybridized carbons (Fsp3) is 0.269. The summed E-state index contributed by atoms with van der Waals surface area (Å²) < 4.78 is 80.1. The average molecular weight is 507 g/mol. The predicted octanol–water partition coefficient (Wildman–Crippen LogP) is 6.59. The van der Waals surface area contributed by atoms with Crippen molar-refractivity contribution in [2.75, 3.05) is 18.5 Å². The number of anilines is 1. The van der Waals surface area contributed by atoms with Crippen LogP contribution in [0.15, 0.2) is 48.5 Å². The van der Waals surface area contributed by atoms with E-state index in [0.717, 1.165) is 24.3 Å². The Hall–Kier alpha value is -3.66. The summed E-state index contributed by atoms with van der Waals surface area (Å²) in [5.74, 6) is -2.70. The van der Waals surface area contributed by atoms with Crippen molar-refractivity contribution in [1.29, 1.82) is 0 Å². The molecule has 0 unspecified atom stereocenters. The van der Waals surface area contributed by atoms with Crippen LogP contribution in [0.3, 0.4) is 0 Å². The van der Waals surface area contributed by atoms with E-state index in [2.05, 4.69) is 5.32 Å². The third-order valence-corrected chi connectivity index (χ3v) is 5.61. The van der Waals surface area contributed by atoms with Gasteiger partial charge in [-0.2, -0.15) is 13.2 Å². The fourth-order valence-corrected chi connectivity index (χ4v) is 3.73. The summed E-state index contributed by atoms with van der Waals surface area (Å²) in [5, 5.41) is 11.3. The average Bonchev–Trinajstić information content (AvgIpc) is 3.65. The van der Waals surface area contributed by atoms with Crippen LogP contribution in [-0.2, 0) is 6.18 Å². The number of hydrogen-bond donors (Lipinski definition) is 2. The number of ether oxygens (including phenoxy) is 2. The second kappa shape index (κ2) is 10.1. The molecule has 1 fully saturated rings. The molecular weight excluding hydrogens is 485 g/mol. The molecule has 0 spiro atoms. The molecule has 1 aliphatic rings. The first-order chi connectivity index (χ1) is 17.1. The van der Waals surface area contributed by atoms with Gasteiger partial charge in [0.2, 0.25) is 0 Å². The summed E-state index contributed by atoms with van der Waals surface area (Å²) in [7, 11) is 0. The third-order valence-electron chi connectivity index (χ3n) is 5.61. The maximum atomic E-state index is 13.9. The number of aliphatic hydroxyl groups is 1. The monoisotopic (exact) mass is 507 g/mol. The molecule has 0 aliphatic heterocycles. The first-order valence-electron chi connectivity index (χ1n) is 11.1. The van der Waals surface area contributed by atoms with Crippen LogP contribution in [0.2, 0.25) is 0 Å². The zero-order valence-corrected chi connectivity index (χ0v) is 19.1. The van der Waals surface area contributed by atoms with E-state index < -0.39 is 34.8 Å². The molecule has 2 N–H and O–H groups in total. The number of rotatable bonds is 8. The normalized spacial score (nSPS) is 13.4. The molecule has 1 saturated carbocycles. The lowest BCUT2D eigenvalue weighted by Gasteiger charge is -2.19. The predicted molar refractivity (Wildman–Crippen MR) is 122 cm³/mol. The van der Waals surface area contributed by atoms with E-state index in [-0.39, 0.29) is 47.6 Å². The highest BCUT2D eigenvalue weighted by Gasteiger charge is 2.40. The van der Waals surface area contributed by atoms with Gasteiger partial charge in [0, 0.05) is 11.8 Å². The lowest BCUT2D eigenvalue weighted by Crippen LogP contribution is -2.17. The molecule has 10 heteroatoms. The van der Waals surface area contributed by atoms with Crippen LogP contribution in [0.25, 0.3) is 0 Å². The minimum Gasteiger partial charge on any atom is -0.488 e. The Kier molecular flexibility index (Phi) is 7.16. The van der Waals surface area contributed by atoms with Crippen LogP contribution in [0, 0.1) is 18.6 Å². The van der Waals surface area contributed by atoms with Crippen molar-refractivity contribution in [1.82, 2.24) is 0 Å². The lowest BCUT2D eigenvalue weighted by atomic mass is 9.98. The topological polar surface area (TPSA) is 67.8 Å². The van der Waals surface area contributed by atoms with E-state index >= 15 is 0 Å². The smallest absolute Gasteiger partial charge is 0.416 e. The summed E-state index contributed by atoms with van der Waals surface area (Å²) >= 11 is 0. The number of alkyl halides is 3. The third kappa shape index (κ3) is 5.76. The first-order valence-corrected chi connectivity index (χ1v) is 11.1. The van der Waals surface area contributed by atoms with Crippen molar-refractivity contribution in [2.24, 2.45) is 0 Å². The molecule has 4 rings (SSSR count). The number of benzene rings is 3. The van der Waals surface area contributed by atoms with Crippen LogP contribution >= 0.6 is 0 Å². The minimum atomic E-state index is -4.71. The van der Waals surface area contributed by atoms with Gasteiger partial charge in [0.25, 0.3) is 5.91 Å². The second-order valence-corrected chi connectivity index (χ2v) is 8.39. The Bertz CT molecular complexity index is 1290. The molecule has 0 atom stereocenters. The first kappa shape index (κ1) is 25.4. The van der Waals surface area contributed by atoms with Gasteiger partial charge in [-0.15, -0.1) is 0 Å². The van der Waals surface area contributed by atoms with Crippen molar-refractivity contribution in [3.8, 4) is 17.2 Å². The van der Waals surface area contributed by atoms with E-state index in [1.165, 1.54) is 24.3 Å². The Morgan fingerprint density at radius 3 is 2.42 bits per heavy atom. The number of amides is 1. The maximum absolute atomic E-state index is 13.9. The number of halogens is 5. The summed E-state index contributed by atoms with van der Waals surface area (Å²) in [4.78, 5) is 13.2. The molecule has 36 heavy (non-hydrogen) atoms. The molecule has 5 nitrogen and oxygen atoms in total. The Labute approximate surface area is 203 Å². The van der Waals surface area contributed by atoms with Crippen molar-refractivity contribution in [2.45, 2.75) is 31.9 Å². The van der Waals surface area contributed by atoms with Crippen molar-refractivity contribution < 1.29 is 41.3 Å². The molecule has 0 radical (unpaired) electrons. The molecule has 0 aromatic heterocycles. The molecule has 190 valence electrons. The number of aryl methyl sites for hydroxylation is 1. The molecule has 0 heterocycles. The summed E-state index contributed by atoms with van der Waals surface area (Å²) in [6.07, 6.45) is -3.55. The van der Waals surface area contributed by atoms with Gasteiger partial charge in [0.1, 0.15) is 23.9 Å². The number of carbonyl (C=O) groups is 1. The van der Waals surface area contributed by atoms with Gasteiger partial charge in [-0.05, 0) is 79.3 Å². The zero-order chi connectivity index (χ0) is 26.0. The summed E-state index contributed by atoms with van der Waals surface area (Å²) in [6.45, 7) is 1.00. The lowest BCUT2D eigenvalue weighted by molar-refractivity contribution is -0.138. The number of aliphatic hydroxyl groups excluding tert-OH is 1. The zero-order valence-electron chi connectivity index (χ0n) is 19.1. The Balaban J connectivity index is 1.75. The molecule has 0 bridgehead atoms. The van der Waals surface area contributed by atoms with Crippen LogP contribution in [0.1, 0.15) is 45.8 Å². The maximum Gasteiger partial charge on any atom is 0.416 e. The minimum absolute atomic E-state index is 0.0234. The molecule has 1 aliphatic carbocycles. The van der Waals surface area contributed by atoms with Crippen LogP contribution in [0.5, 0.6) is 17.2 Å². The standard InChI is InChI=1S/C26H22F5NO4/c1-14-10-16(27)4-7-22(14)36-23-13-18(15-2-3-15)20(26(29,30)31)12-19(23)25(34)32-17-5-6-21(28)24(11-17)35-9-8-33/h4-7,10-13,15,33H,2-3,8-9H2,1H3,(H,32,34). The molecule has 3 aromatic rings. The van der Waals surface area contributed by atoms with E-state index in [0.29, 0.717) is 18.4 Å². The largest absolute Gasteiger partial charge is 0.488 e. The van der Waals surface area contributed by atoms with Gasteiger partial charge in [-0.25, -0.2) is 8.78 Å². The number of hydrogen-bond acceptors (Lipinski definition) is 4. The van der Waals surface area contributed by atoms with Gasteiger partial charge < -0.3 is 19.9 Å². The van der Waals surface area contributed by atoms with Crippen molar-refractivity contribution in [3.63, 3.8) is 0 Å². The van der Waals surface area contributed by atoms with Crippen molar-refractivity contribution in [3.05, 3.63) is 82.4 Å². The van der Waals surface area contributed by atoms with E-state index in [9.17, 15) is 26.7 Å². The van der Waals surface area contributed by atoms with Gasteiger partial charge in [-0.1, -0.05) is 0 Å². The molecule has 0 saturated heterocycles. The van der Waals surface area contributed by atoms with Gasteiger partial charge >= 0.3 is 6.18 Å². The van der Waals surface area contributed by atoms with Gasteiger partial charge in [0.05, 0.1) is 17.7 Å². The van der Waals surface area contributed by atoms with Gasteiger partial charge in [0.15, 0.2) is 11.6 Å².